The number of aliphatic hydroxyl groups is 1. The maximum absolute atomic E-state index is 14.0. The van der Waals surface area contributed by atoms with Gasteiger partial charge in [-0.05, 0) is 31.7 Å². The third-order valence-corrected chi connectivity index (χ3v) is 4.11. The fourth-order valence-electron chi connectivity index (χ4n) is 2.65. The molecule has 2 N–H and O–H groups in total. The molecule has 1 fully saturated rings. The molecular weight excluding hydrogens is 283 g/mol. The highest BCUT2D eigenvalue weighted by molar-refractivity contribution is 5.50. The number of piperazine rings is 1. The summed E-state index contributed by atoms with van der Waals surface area (Å²) >= 11 is 0. The van der Waals surface area contributed by atoms with Crippen molar-refractivity contribution in [1.82, 2.24) is 15.3 Å². The van der Waals surface area contributed by atoms with Crippen LogP contribution in [0.4, 0.5) is 10.1 Å². The van der Waals surface area contributed by atoms with Crippen LogP contribution in [-0.4, -0.2) is 67.9 Å². The Morgan fingerprint density at radius 1 is 1.27 bits per heavy atom. The maximum atomic E-state index is 14.0. The van der Waals surface area contributed by atoms with E-state index in [4.69, 9.17) is 5.11 Å². The number of likely N-dealkylation sites (N-methyl/N-ethyl adjacent to an activating group) is 2. The van der Waals surface area contributed by atoms with Gasteiger partial charge in [0.15, 0.2) is 0 Å². The normalized spacial score (nSPS) is 16.9. The number of benzene rings is 1. The molecule has 1 aromatic carbocycles. The van der Waals surface area contributed by atoms with Crippen LogP contribution in [0.3, 0.4) is 0 Å². The summed E-state index contributed by atoms with van der Waals surface area (Å²) in [5.41, 5.74) is 5.02. The van der Waals surface area contributed by atoms with Gasteiger partial charge in [-0.25, -0.2) is 9.40 Å². The highest BCUT2D eigenvalue weighted by atomic mass is 19.1. The monoisotopic (exact) mass is 310 g/mol. The Bertz CT molecular complexity index is 463. The molecule has 1 aliphatic heterocycles. The minimum atomic E-state index is -0.237. The fraction of sp³-hybridized carbons (Fsp3) is 0.625. The second kappa shape index (κ2) is 8.43. The Labute approximate surface area is 132 Å². The zero-order chi connectivity index (χ0) is 15.9. The first-order valence-electron chi connectivity index (χ1n) is 7.95. The largest absolute Gasteiger partial charge is 0.395 e. The van der Waals surface area contributed by atoms with E-state index >= 15 is 0 Å². The molecule has 0 radical (unpaired) electrons. The number of anilines is 1. The molecule has 0 unspecified atom stereocenters. The van der Waals surface area contributed by atoms with E-state index < -0.39 is 0 Å². The standard InChI is InChI=1S/C16H27FN4O/c1-3-20(10-11-22)16-12-14(4-5-15(16)17)13-18-21-8-6-19(2)7-9-21/h4-5,12,18,22H,3,6-11,13H2,1-2H3. The van der Waals surface area contributed by atoms with Gasteiger partial charge in [-0.15, -0.1) is 0 Å². The lowest BCUT2D eigenvalue weighted by Gasteiger charge is -2.32. The molecule has 1 aromatic rings. The number of rotatable bonds is 7. The molecule has 0 aliphatic carbocycles. The molecule has 0 saturated carbocycles. The van der Waals surface area contributed by atoms with Gasteiger partial charge in [0.2, 0.25) is 0 Å². The molecule has 0 bridgehead atoms. The molecule has 124 valence electrons. The Morgan fingerprint density at radius 3 is 2.64 bits per heavy atom. The van der Waals surface area contributed by atoms with Crippen LogP contribution in [0, 0.1) is 5.82 Å². The first-order valence-corrected chi connectivity index (χ1v) is 7.95. The smallest absolute Gasteiger partial charge is 0.146 e. The lowest BCUT2D eigenvalue weighted by molar-refractivity contribution is 0.102. The molecule has 5 nitrogen and oxygen atoms in total. The summed E-state index contributed by atoms with van der Waals surface area (Å²) in [4.78, 5) is 4.16. The zero-order valence-corrected chi connectivity index (χ0v) is 13.6. The third-order valence-electron chi connectivity index (χ3n) is 4.11. The van der Waals surface area contributed by atoms with Crippen LogP contribution in [0.15, 0.2) is 18.2 Å². The number of halogens is 1. The van der Waals surface area contributed by atoms with Crippen molar-refractivity contribution in [3.63, 3.8) is 0 Å². The predicted octanol–water partition coefficient (Wildman–Crippen LogP) is 0.896. The van der Waals surface area contributed by atoms with Crippen molar-refractivity contribution in [3.8, 4) is 0 Å². The Kier molecular flexibility index (Phi) is 6.57. The lowest BCUT2D eigenvalue weighted by Crippen LogP contribution is -2.50. The first-order chi connectivity index (χ1) is 10.6. The van der Waals surface area contributed by atoms with Gasteiger partial charge >= 0.3 is 0 Å². The summed E-state index contributed by atoms with van der Waals surface area (Å²) in [7, 11) is 2.13. The highest BCUT2D eigenvalue weighted by Crippen LogP contribution is 2.21. The summed E-state index contributed by atoms with van der Waals surface area (Å²) in [6.07, 6.45) is 0. The van der Waals surface area contributed by atoms with Crippen LogP contribution in [0.5, 0.6) is 0 Å². The molecule has 0 spiro atoms. The highest BCUT2D eigenvalue weighted by Gasteiger charge is 2.14. The lowest BCUT2D eigenvalue weighted by atomic mass is 10.1. The maximum Gasteiger partial charge on any atom is 0.146 e. The van der Waals surface area contributed by atoms with Crippen molar-refractivity contribution < 1.29 is 9.50 Å². The number of hydrogen-bond acceptors (Lipinski definition) is 5. The number of hydrazine groups is 1. The molecule has 1 saturated heterocycles. The fourth-order valence-corrected chi connectivity index (χ4v) is 2.65. The van der Waals surface area contributed by atoms with Gasteiger partial charge in [0.25, 0.3) is 0 Å². The van der Waals surface area contributed by atoms with Crippen molar-refractivity contribution in [3.05, 3.63) is 29.6 Å². The molecule has 1 heterocycles. The number of nitrogens with zero attached hydrogens (tertiary/aromatic N) is 3. The van der Waals surface area contributed by atoms with Crippen LogP contribution in [0.1, 0.15) is 12.5 Å². The number of nitrogens with one attached hydrogen (secondary N) is 1. The van der Waals surface area contributed by atoms with Crippen LogP contribution in [0.2, 0.25) is 0 Å². The van der Waals surface area contributed by atoms with Gasteiger partial charge in [-0.2, -0.15) is 0 Å². The Hall–Kier alpha value is -1.21. The van der Waals surface area contributed by atoms with Crippen molar-refractivity contribution in [2.24, 2.45) is 0 Å². The van der Waals surface area contributed by atoms with Gasteiger partial charge in [0, 0.05) is 45.8 Å². The minimum Gasteiger partial charge on any atom is -0.395 e. The van der Waals surface area contributed by atoms with Crippen molar-refractivity contribution in [2.45, 2.75) is 13.5 Å². The topological polar surface area (TPSA) is 42.0 Å². The molecule has 0 atom stereocenters. The quantitative estimate of drug-likeness (QED) is 0.783. The van der Waals surface area contributed by atoms with Crippen LogP contribution in [-0.2, 0) is 6.54 Å². The van der Waals surface area contributed by atoms with E-state index in [9.17, 15) is 4.39 Å². The van der Waals surface area contributed by atoms with Crippen molar-refractivity contribution in [1.29, 1.82) is 0 Å². The summed E-state index contributed by atoms with van der Waals surface area (Å²) in [5, 5.41) is 11.3. The third kappa shape index (κ3) is 4.64. The van der Waals surface area contributed by atoms with E-state index in [0.29, 0.717) is 25.3 Å². The molecule has 0 aromatic heterocycles. The van der Waals surface area contributed by atoms with Crippen LogP contribution >= 0.6 is 0 Å². The predicted molar refractivity (Wildman–Crippen MR) is 87.3 cm³/mol. The Balaban J connectivity index is 1.96. The van der Waals surface area contributed by atoms with E-state index in [1.807, 2.05) is 24.0 Å². The average Bonchev–Trinajstić information content (AvgIpc) is 2.53. The van der Waals surface area contributed by atoms with Gasteiger partial charge < -0.3 is 14.9 Å². The minimum absolute atomic E-state index is 0.0249. The van der Waals surface area contributed by atoms with Gasteiger partial charge in [-0.1, -0.05) is 6.07 Å². The van der Waals surface area contributed by atoms with Crippen molar-refractivity contribution >= 4 is 5.69 Å². The number of aliphatic hydroxyl groups excluding tert-OH is 1. The van der Waals surface area contributed by atoms with Crippen molar-refractivity contribution in [2.75, 3.05) is 57.8 Å². The van der Waals surface area contributed by atoms with E-state index in [1.54, 1.807) is 0 Å². The van der Waals surface area contributed by atoms with Gasteiger partial charge in [0.05, 0.1) is 12.3 Å². The van der Waals surface area contributed by atoms with Gasteiger partial charge in [-0.3, -0.25) is 5.43 Å². The second-order valence-electron chi connectivity index (χ2n) is 5.71. The van der Waals surface area contributed by atoms with Crippen LogP contribution in [0.25, 0.3) is 0 Å². The van der Waals surface area contributed by atoms with Gasteiger partial charge in [0.1, 0.15) is 5.82 Å². The molecule has 6 heteroatoms. The summed E-state index contributed by atoms with van der Waals surface area (Å²) in [5.74, 6) is -0.237. The SMILES string of the molecule is CCN(CCO)c1cc(CNN2CCN(C)CC2)ccc1F. The molecular formula is C16H27FN4O. The summed E-state index contributed by atoms with van der Waals surface area (Å²) < 4.78 is 14.0. The second-order valence-corrected chi connectivity index (χ2v) is 5.71. The first kappa shape index (κ1) is 17.1. The summed E-state index contributed by atoms with van der Waals surface area (Å²) in [6, 6.07) is 5.20. The number of hydrogen-bond donors (Lipinski definition) is 2. The molecule has 1 aliphatic rings. The molecule has 2 rings (SSSR count). The Morgan fingerprint density at radius 2 is 2.00 bits per heavy atom. The zero-order valence-electron chi connectivity index (χ0n) is 13.6. The summed E-state index contributed by atoms with van der Waals surface area (Å²) in [6.45, 7) is 7.90. The van der Waals surface area contributed by atoms with E-state index in [0.717, 1.165) is 31.7 Å². The molecule has 22 heavy (non-hydrogen) atoms. The van der Waals surface area contributed by atoms with E-state index in [1.165, 1.54) is 6.07 Å². The van der Waals surface area contributed by atoms with Crippen LogP contribution < -0.4 is 10.3 Å². The average molecular weight is 310 g/mol. The van der Waals surface area contributed by atoms with E-state index in [2.05, 4.69) is 22.4 Å². The van der Waals surface area contributed by atoms with E-state index in [-0.39, 0.29) is 12.4 Å². The molecule has 0 amide bonds.